The van der Waals surface area contributed by atoms with Gasteiger partial charge in [0, 0.05) is 24.9 Å². The van der Waals surface area contributed by atoms with Gasteiger partial charge in [0.2, 0.25) is 11.8 Å². The molecule has 2 N–H and O–H groups in total. The van der Waals surface area contributed by atoms with Crippen molar-refractivity contribution in [3.8, 4) is 0 Å². The van der Waals surface area contributed by atoms with Crippen molar-refractivity contribution in [3.05, 3.63) is 29.8 Å². The zero-order valence-electron chi connectivity index (χ0n) is 13.9. The Morgan fingerprint density at radius 2 is 2.00 bits per heavy atom. The average molecular weight is 374 g/mol. The summed E-state index contributed by atoms with van der Waals surface area (Å²) in [6, 6.07) is 3.35. The van der Waals surface area contributed by atoms with Gasteiger partial charge in [0.25, 0.3) is 0 Å². The Bertz CT molecular complexity index is 639. The second-order valence-electron chi connectivity index (χ2n) is 6.56. The van der Waals surface area contributed by atoms with Crippen LogP contribution in [0.4, 0.5) is 14.5 Å². The molecule has 2 aliphatic heterocycles. The summed E-state index contributed by atoms with van der Waals surface area (Å²) in [5, 5.41) is 6.15. The van der Waals surface area contributed by atoms with Crippen LogP contribution >= 0.6 is 12.4 Å². The summed E-state index contributed by atoms with van der Waals surface area (Å²) in [7, 11) is 0. The molecule has 2 heterocycles. The number of anilines is 1. The minimum Gasteiger partial charge on any atom is -0.351 e. The van der Waals surface area contributed by atoms with Crippen LogP contribution in [0.1, 0.15) is 26.2 Å². The molecule has 138 valence electrons. The monoisotopic (exact) mass is 373 g/mol. The van der Waals surface area contributed by atoms with Crippen LogP contribution in [-0.2, 0) is 9.59 Å². The number of rotatable bonds is 3. The number of halogens is 3. The standard InChI is InChI=1S/C17H21F2N3O2.ClH/c1-10-7-11(5-6-20-10)17(24)21-12-8-15(23)22(9-12)16-13(18)3-2-4-14(16)19;/h2-4,10-12,20H,5-9H2,1H3,(H,21,24);1H/t10-,11-,12?;/m0./s1. The second kappa shape index (κ2) is 8.10. The van der Waals surface area contributed by atoms with E-state index < -0.39 is 17.7 Å². The van der Waals surface area contributed by atoms with E-state index in [1.165, 1.54) is 6.07 Å². The largest absolute Gasteiger partial charge is 0.351 e. The number of carbonyl (C=O) groups excluding carboxylic acids is 2. The number of carbonyl (C=O) groups is 2. The van der Waals surface area contributed by atoms with E-state index in [2.05, 4.69) is 10.6 Å². The van der Waals surface area contributed by atoms with Crippen LogP contribution in [-0.4, -0.2) is 37.0 Å². The number of benzene rings is 1. The van der Waals surface area contributed by atoms with Gasteiger partial charge in [-0.15, -0.1) is 12.4 Å². The van der Waals surface area contributed by atoms with E-state index in [-0.39, 0.29) is 54.8 Å². The summed E-state index contributed by atoms with van der Waals surface area (Å²) in [6.45, 7) is 2.90. The topological polar surface area (TPSA) is 61.4 Å². The number of para-hydroxylation sites is 1. The second-order valence-corrected chi connectivity index (χ2v) is 6.56. The first kappa shape index (κ1) is 19.6. The third-order valence-electron chi connectivity index (χ3n) is 4.67. The molecule has 0 aromatic heterocycles. The van der Waals surface area contributed by atoms with Crippen LogP contribution in [0.5, 0.6) is 0 Å². The fourth-order valence-electron chi connectivity index (χ4n) is 3.46. The maximum absolute atomic E-state index is 13.9. The predicted octanol–water partition coefficient (Wildman–Crippen LogP) is 2.00. The highest BCUT2D eigenvalue weighted by Crippen LogP contribution is 2.28. The highest BCUT2D eigenvalue weighted by atomic mass is 35.5. The van der Waals surface area contributed by atoms with Crippen LogP contribution in [0.3, 0.4) is 0 Å². The summed E-state index contributed by atoms with van der Waals surface area (Å²) in [6.07, 6.45) is 1.56. The van der Waals surface area contributed by atoms with Gasteiger partial charge in [0.1, 0.15) is 17.3 Å². The van der Waals surface area contributed by atoms with Gasteiger partial charge in [0.05, 0.1) is 6.04 Å². The minimum absolute atomic E-state index is 0. The van der Waals surface area contributed by atoms with Gasteiger partial charge in [-0.05, 0) is 38.4 Å². The van der Waals surface area contributed by atoms with E-state index in [0.29, 0.717) is 0 Å². The van der Waals surface area contributed by atoms with Gasteiger partial charge in [-0.3, -0.25) is 9.59 Å². The van der Waals surface area contributed by atoms with Gasteiger partial charge in [-0.25, -0.2) is 8.78 Å². The van der Waals surface area contributed by atoms with Crippen LogP contribution < -0.4 is 15.5 Å². The van der Waals surface area contributed by atoms with Crippen LogP contribution in [0, 0.1) is 17.6 Å². The van der Waals surface area contributed by atoms with Gasteiger partial charge < -0.3 is 15.5 Å². The van der Waals surface area contributed by atoms with Gasteiger partial charge in [-0.2, -0.15) is 0 Å². The molecule has 1 unspecified atom stereocenters. The molecule has 0 saturated carbocycles. The lowest BCUT2D eigenvalue weighted by Crippen LogP contribution is -2.46. The van der Waals surface area contributed by atoms with Crippen molar-refractivity contribution in [1.82, 2.24) is 10.6 Å². The molecule has 3 rings (SSSR count). The first-order valence-electron chi connectivity index (χ1n) is 8.24. The van der Waals surface area contributed by atoms with E-state index >= 15 is 0 Å². The lowest BCUT2D eigenvalue weighted by molar-refractivity contribution is -0.126. The number of nitrogens with one attached hydrogen (secondary N) is 2. The molecule has 8 heteroatoms. The number of hydrogen-bond donors (Lipinski definition) is 2. The fraction of sp³-hybridized carbons (Fsp3) is 0.529. The predicted molar refractivity (Wildman–Crippen MR) is 92.7 cm³/mol. The molecule has 1 aromatic carbocycles. The van der Waals surface area contributed by atoms with Crippen molar-refractivity contribution >= 4 is 29.9 Å². The Morgan fingerprint density at radius 1 is 1.32 bits per heavy atom. The molecule has 0 radical (unpaired) electrons. The molecule has 5 nitrogen and oxygen atoms in total. The van der Waals surface area contributed by atoms with Crippen molar-refractivity contribution in [2.45, 2.75) is 38.3 Å². The molecule has 2 saturated heterocycles. The molecule has 0 bridgehead atoms. The third kappa shape index (κ3) is 4.27. The van der Waals surface area contributed by atoms with Crippen molar-refractivity contribution in [2.24, 2.45) is 5.92 Å². The van der Waals surface area contributed by atoms with E-state index in [9.17, 15) is 18.4 Å². The number of nitrogens with zero attached hydrogens (tertiary/aromatic N) is 1. The van der Waals surface area contributed by atoms with E-state index in [1.54, 1.807) is 0 Å². The Morgan fingerprint density at radius 3 is 2.64 bits per heavy atom. The Labute approximate surface area is 151 Å². The third-order valence-corrected chi connectivity index (χ3v) is 4.67. The average Bonchev–Trinajstić information content (AvgIpc) is 2.87. The molecule has 25 heavy (non-hydrogen) atoms. The smallest absolute Gasteiger partial charge is 0.229 e. The molecule has 2 fully saturated rings. The lowest BCUT2D eigenvalue weighted by atomic mass is 9.92. The summed E-state index contributed by atoms with van der Waals surface area (Å²) < 4.78 is 27.7. The van der Waals surface area contributed by atoms with Gasteiger partial charge >= 0.3 is 0 Å². The molecular weight excluding hydrogens is 352 g/mol. The van der Waals surface area contributed by atoms with Gasteiger partial charge in [0.15, 0.2) is 0 Å². The highest BCUT2D eigenvalue weighted by molar-refractivity contribution is 5.97. The molecule has 0 spiro atoms. The Balaban J connectivity index is 0.00000225. The number of hydrogen-bond acceptors (Lipinski definition) is 3. The number of piperidine rings is 1. The maximum Gasteiger partial charge on any atom is 0.229 e. The van der Waals surface area contributed by atoms with Gasteiger partial charge in [-0.1, -0.05) is 6.07 Å². The van der Waals surface area contributed by atoms with Crippen molar-refractivity contribution in [1.29, 1.82) is 0 Å². The molecule has 2 amide bonds. The summed E-state index contributed by atoms with van der Waals surface area (Å²) in [5.74, 6) is -2.11. The van der Waals surface area contributed by atoms with E-state index in [4.69, 9.17) is 0 Å². The SMILES string of the molecule is C[C@H]1C[C@@H](C(=O)NC2CC(=O)N(c3c(F)cccc3F)C2)CCN1.Cl. The van der Waals surface area contributed by atoms with Crippen molar-refractivity contribution in [2.75, 3.05) is 18.0 Å². The summed E-state index contributed by atoms with van der Waals surface area (Å²) >= 11 is 0. The van der Waals surface area contributed by atoms with Crippen molar-refractivity contribution < 1.29 is 18.4 Å². The number of amides is 2. The summed E-state index contributed by atoms with van der Waals surface area (Å²) in [4.78, 5) is 25.6. The van der Waals surface area contributed by atoms with Crippen molar-refractivity contribution in [3.63, 3.8) is 0 Å². The van der Waals surface area contributed by atoms with Crippen LogP contribution in [0.25, 0.3) is 0 Å². The first-order chi connectivity index (χ1) is 11.5. The fourth-order valence-corrected chi connectivity index (χ4v) is 3.46. The first-order valence-corrected chi connectivity index (χ1v) is 8.24. The Kier molecular flexibility index (Phi) is 6.35. The normalized spacial score (nSPS) is 26.3. The molecular formula is C17H22ClF2N3O2. The van der Waals surface area contributed by atoms with Crippen LogP contribution in [0.15, 0.2) is 18.2 Å². The quantitative estimate of drug-likeness (QED) is 0.852. The zero-order valence-corrected chi connectivity index (χ0v) is 14.7. The highest BCUT2D eigenvalue weighted by Gasteiger charge is 2.36. The Hall–Kier alpha value is -1.73. The molecule has 0 aliphatic carbocycles. The molecule has 2 aliphatic rings. The van der Waals surface area contributed by atoms with Crippen LogP contribution in [0.2, 0.25) is 0 Å². The summed E-state index contributed by atoms with van der Waals surface area (Å²) in [5.41, 5.74) is -0.338. The lowest BCUT2D eigenvalue weighted by Gasteiger charge is -2.28. The van der Waals surface area contributed by atoms with E-state index in [0.717, 1.165) is 36.4 Å². The zero-order chi connectivity index (χ0) is 17.3. The minimum atomic E-state index is -0.775. The maximum atomic E-state index is 13.9. The molecule has 1 aromatic rings. The van der Waals surface area contributed by atoms with E-state index in [1.807, 2.05) is 6.92 Å². The molecule has 3 atom stereocenters.